The molecule has 1 aromatic carbocycles. The van der Waals surface area contributed by atoms with Gasteiger partial charge in [0.25, 0.3) is 5.91 Å². The standard InChI is InChI=1S/C14H16ClNO4/c1-20-12-5-4-10(15)7-11(12)13(17)16-6-2-3-9(8-16)14(18)19/h4-5,7,9H,2-3,6,8H2,1H3,(H,18,19)/t9-/m1/s1. The van der Waals surface area contributed by atoms with E-state index in [2.05, 4.69) is 0 Å². The summed E-state index contributed by atoms with van der Waals surface area (Å²) in [6, 6.07) is 4.83. The van der Waals surface area contributed by atoms with Crippen molar-refractivity contribution in [1.82, 2.24) is 4.90 Å². The first kappa shape index (κ1) is 14.7. The van der Waals surface area contributed by atoms with Crippen LogP contribution >= 0.6 is 11.6 Å². The number of carbonyl (C=O) groups excluding carboxylic acids is 1. The fraction of sp³-hybridized carbons (Fsp3) is 0.429. The van der Waals surface area contributed by atoms with Crippen molar-refractivity contribution in [3.63, 3.8) is 0 Å². The number of aliphatic carboxylic acids is 1. The van der Waals surface area contributed by atoms with Gasteiger partial charge in [-0.2, -0.15) is 0 Å². The Morgan fingerprint density at radius 3 is 2.85 bits per heavy atom. The molecule has 0 aliphatic carbocycles. The fourth-order valence-electron chi connectivity index (χ4n) is 2.38. The Hall–Kier alpha value is -1.75. The van der Waals surface area contributed by atoms with E-state index in [9.17, 15) is 9.59 Å². The summed E-state index contributed by atoms with van der Waals surface area (Å²) < 4.78 is 5.16. The third-order valence-electron chi connectivity index (χ3n) is 3.45. The van der Waals surface area contributed by atoms with Crippen LogP contribution in [0.4, 0.5) is 0 Å². The molecule has 1 aromatic rings. The monoisotopic (exact) mass is 297 g/mol. The van der Waals surface area contributed by atoms with Crippen molar-refractivity contribution in [3.8, 4) is 5.75 Å². The van der Waals surface area contributed by atoms with E-state index in [1.807, 2.05) is 0 Å². The Morgan fingerprint density at radius 2 is 2.20 bits per heavy atom. The minimum atomic E-state index is -0.861. The molecule has 6 heteroatoms. The number of carboxylic acids is 1. The maximum Gasteiger partial charge on any atom is 0.308 e. The summed E-state index contributed by atoms with van der Waals surface area (Å²) >= 11 is 5.92. The molecular formula is C14H16ClNO4. The Kier molecular flexibility index (Phi) is 4.49. The van der Waals surface area contributed by atoms with E-state index < -0.39 is 11.9 Å². The van der Waals surface area contributed by atoms with Crippen LogP contribution in [-0.4, -0.2) is 42.1 Å². The number of benzene rings is 1. The highest BCUT2D eigenvalue weighted by atomic mass is 35.5. The number of halogens is 1. The topological polar surface area (TPSA) is 66.8 Å². The van der Waals surface area contributed by atoms with Crippen LogP contribution in [0.25, 0.3) is 0 Å². The van der Waals surface area contributed by atoms with Gasteiger partial charge in [0.2, 0.25) is 0 Å². The van der Waals surface area contributed by atoms with Gasteiger partial charge in [-0.15, -0.1) is 0 Å². The van der Waals surface area contributed by atoms with Gasteiger partial charge in [0.15, 0.2) is 0 Å². The molecule has 0 saturated carbocycles. The molecular weight excluding hydrogens is 282 g/mol. The lowest BCUT2D eigenvalue weighted by Gasteiger charge is -2.31. The number of rotatable bonds is 3. The van der Waals surface area contributed by atoms with Crippen LogP contribution < -0.4 is 4.74 Å². The molecule has 1 saturated heterocycles. The maximum absolute atomic E-state index is 12.5. The molecule has 0 radical (unpaired) electrons. The highest BCUT2D eigenvalue weighted by Crippen LogP contribution is 2.26. The van der Waals surface area contributed by atoms with Crippen LogP contribution in [0.1, 0.15) is 23.2 Å². The zero-order valence-corrected chi connectivity index (χ0v) is 11.9. The van der Waals surface area contributed by atoms with Gasteiger partial charge in [0, 0.05) is 18.1 Å². The number of carbonyl (C=O) groups is 2. The van der Waals surface area contributed by atoms with E-state index in [0.717, 1.165) is 0 Å². The summed E-state index contributed by atoms with van der Waals surface area (Å²) in [6.45, 7) is 0.780. The van der Waals surface area contributed by atoms with Crippen molar-refractivity contribution >= 4 is 23.5 Å². The number of amides is 1. The number of hydrogen-bond acceptors (Lipinski definition) is 3. The predicted molar refractivity (Wildman–Crippen MR) is 74.3 cm³/mol. The van der Waals surface area contributed by atoms with Gasteiger partial charge in [0.1, 0.15) is 5.75 Å². The zero-order chi connectivity index (χ0) is 14.7. The van der Waals surface area contributed by atoms with E-state index in [1.54, 1.807) is 23.1 Å². The van der Waals surface area contributed by atoms with Crippen LogP contribution in [0, 0.1) is 5.92 Å². The summed E-state index contributed by atoms with van der Waals surface area (Å²) in [5.74, 6) is -1.16. The predicted octanol–water partition coefficient (Wildman–Crippen LogP) is 2.29. The third kappa shape index (κ3) is 3.04. The van der Waals surface area contributed by atoms with E-state index in [1.165, 1.54) is 7.11 Å². The molecule has 1 N–H and O–H groups in total. The molecule has 1 atom stereocenters. The normalized spacial score (nSPS) is 18.7. The van der Waals surface area contributed by atoms with Gasteiger partial charge in [0.05, 0.1) is 18.6 Å². The van der Waals surface area contributed by atoms with Gasteiger partial charge in [-0.3, -0.25) is 9.59 Å². The first-order valence-corrected chi connectivity index (χ1v) is 6.76. The molecule has 20 heavy (non-hydrogen) atoms. The molecule has 1 aliphatic heterocycles. The second-order valence-corrected chi connectivity index (χ2v) is 5.21. The lowest BCUT2D eigenvalue weighted by molar-refractivity contribution is -0.143. The van der Waals surface area contributed by atoms with E-state index >= 15 is 0 Å². The number of hydrogen-bond donors (Lipinski definition) is 1. The Labute approximate surface area is 122 Å². The highest BCUT2D eigenvalue weighted by molar-refractivity contribution is 6.31. The average Bonchev–Trinajstić information content (AvgIpc) is 2.46. The van der Waals surface area contributed by atoms with Crippen LogP contribution in [0.2, 0.25) is 5.02 Å². The summed E-state index contributed by atoms with van der Waals surface area (Å²) in [6.07, 6.45) is 1.29. The Bertz CT molecular complexity index is 532. The molecule has 0 unspecified atom stereocenters. The zero-order valence-electron chi connectivity index (χ0n) is 11.1. The molecule has 0 aromatic heterocycles. The molecule has 1 aliphatic rings. The molecule has 1 amide bonds. The molecule has 5 nitrogen and oxygen atoms in total. The molecule has 0 bridgehead atoms. The first-order valence-electron chi connectivity index (χ1n) is 6.38. The lowest BCUT2D eigenvalue weighted by atomic mass is 9.97. The molecule has 1 fully saturated rings. The van der Waals surface area contributed by atoms with Crippen LogP contribution in [0.5, 0.6) is 5.75 Å². The average molecular weight is 298 g/mol. The van der Waals surface area contributed by atoms with Crippen LogP contribution in [-0.2, 0) is 4.79 Å². The third-order valence-corrected chi connectivity index (χ3v) is 3.68. The maximum atomic E-state index is 12.5. The first-order chi connectivity index (χ1) is 9.52. The van der Waals surface area contributed by atoms with Crippen LogP contribution in [0.3, 0.4) is 0 Å². The number of ether oxygens (including phenoxy) is 1. The minimum Gasteiger partial charge on any atom is -0.496 e. The second kappa shape index (κ2) is 6.13. The SMILES string of the molecule is COc1ccc(Cl)cc1C(=O)N1CCC[C@@H](C(=O)O)C1. The van der Waals surface area contributed by atoms with Crippen molar-refractivity contribution in [2.45, 2.75) is 12.8 Å². The van der Waals surface area contributed by atoms with E-state index in [-0.39, 0.29) is 12.5 Å². The Morgan fingerprint density at radius 1 is 1.45 bits per heavy atom. The summed E-state index contributed by atoms with van der Waals surface area (Å²) in [5.41, 5.74) is 0.367. The number of piperidine rings is 1. The largest absolute Gasteiger partial charge is 0.496 e. The fourth-order valence-corrected chi connectivity index (χ4v) is 2.55. The van der Waals surface area contributed by atoms with Crippen molar-refractivity contribution in [1.29, 1.82) is 0 Å². The molecule has 108 valence electrons. The molecule has 1 heterocycles. The number of carboxylic acid groups (broad SMARTS) is 1. The van der Waals surface area contributed by atoms with Gasteiger partial charge in [-0.1, -0.05) is 11.6 Å². The highest BCUT2D eigenvalue weighted by Gasteiger charge is 2.29. The Balaban J connectivity index is 2.22. The van der Waals surface area contributed by atoms with E-state index in [0.29, 0.717) is 35.7 Å². The summed E-state index contributed by atoms with van der Waals surface area (Å²) in [4.78, 5) is 25.1. The molecule has 0 spiro atoms. The summed E-state index contributed by atoms with van der Waals surface area (Å²) in [7, 11) is 1.48. The van der Waals surface area contributed by atoms with Crippen molar-refractivity contribution < 1.29 is 19.4 Å². The molecule has 2 rings (SSSR count). The van der Waals surface area contributed by atoms with Gasteiger partial charge >= 0.3 is 5.97 Å². The second-order valence-electron chi connectivity index (χ2n) is 4.77. The van der Waals surface area contributed by atoms with E-state index in [4.69, 9.17) is 21.4 Å². The van der Waals surface area contributed by atoms with Crippen molar-refractivity contribution in [3.05, 3.63) is 28.8 Å². The van der Waals surface area contributed by atoms with Crippen molar-refractivity contribution in [2.24, 2.45) is 5.92 Å². The number of nitrogens with zero attached hydrogens (tertiary/aromatic N) is 1. The number of methoxy groups -OCH3 is 1. The minimum absolute atomic E-state index is 0.226. The number of likely N-dealkylation sites (tertiary alicyclic amines) is 1. The van der Waals surface area contributed by atoms with Gasteiger partial charge < -0.3 is 14.7 Å². The van der Waals surface area contributed by atoms with Crippen LogP contribution in [0.15, 0.2) is 18.2 Å². The summed E-state index contributed by atoms with van der Waals surface area (Å²) in [5, 5.41) is 9.51. The lowest BCUT2D eigenvalue weighted by Crippen LogP contribution is -2.42. The quantitative estimate of drug-likeness (QED) is 0.929. The smallest absolute Gasteiger partial charge is 0.308 e. The van der Waals surface area contributed by atoms with Gasteiger partial charge in [-0.25, -0.2) is 0 Å². The van der Waals surface area contributed by atoms with Crippen molar-refractivity contribution in [2.75, 3.05) is 20.2 Å². The van der Waals surface area contributed by atoms with Gasteiger partial charge in [-0.05, 0) is 31.0 Å².